The van der Waals surface area contributed by atoms with Gasteiger partial charge in [-0.25, -0.2) is 0 Å². The first-order chi connectivity index (χ1) is 10.8. The molecule has 0 aromatic heterocycles. The van der Waals surface area contributed by atoms with Crippen LogP contribution in [0.4, 0.5) is 0 Å². The van der Waals surface area contributed by atoms with E-state index in [-0.39, 0.29) is 17.9 Å². The minimum absolute atomic E-state index is 0.0144. The van der Waals surface area contributed by atoms with Gasteiger partial charge < -0.3 is 10.4 Å². The van der Waals surface area contributed by atoms with E-state index >= 15 is 0 Å². The van der Waals surface area contributed by atoms with Gasteiger partial charge in [0.2, 0.25) is 5.91 Å². The molecule has 126 valence electrons. The predicted octanol–water partition coefficient (Wildman–Crippen LogP) is 3.29. The summed E-state index contributed by atoms with van der Waals surface area (Å²) >= 11 is 0. The molecule has 0 spiro atoms. The SMILES string of the molecule is CCc1ccc(C(C)(C)C(=O)NC2CCC(C(=O)O)CC2)cc1. The van der Waals surface area contributed by atoms with E-state index in [4.69, 9.17) is 5.11 Å². The Morgan fingerprint density at radius 2 is 1.70 bits per heavy atom. The topological polar surface area (TPSA) is 66.4 Å². The minimum Gasteiger partial charge on any atom is -0.481 e. The summed E-state index contributed by atoms with van der Waals surface area (Å²) < 4.78 is 0. The van der Waals surface area contributed by atoms with E-state index in [1.165, 1.54) is 5.56 Å². The molecule has 1 saturated carbocycles. The van der Waals surface area contributed by atoms with Crippen LogP contribution in [0, 0.1) is 5.92 Å². The van der Waals surface area contributed by atoms with Crippen LogP contribution < -0.4 is 5.32 Å². The Balaban J connectivity index is 1.97. The molecule has 0 heterocycles. The number of carboxylic acid groups (broad SMARTS) is 1. The fourth-order valence-electron chi connectivity index (χ4n) is 3.14. The van der Waals surface area contributed by atoms with Crippen LogP contribution in [-0.2, 0) is 21.4 Å². The number of aryl methyl sites for hydroxylation is 1. The van der Waals surface area contributed by atoms with E-state index in [1.807, 2.05) is 26.0 Å². The number of amides is 1. The van der Waals surface area contributed by atoms with E-state index in [9.17, 15) is 9.59 Å². The predicted molar refractivity (Wildman–Crippen MR) is 90.4 cm³/mol. The van der Waals surface area contributed by atoms with E-state index in [0.29, 0.717) is 12.8 Å². The van der Waals surface area contributed by atoms with Crippen molar-refractivity contribution in [1.82, 2.24) is 5.32 Å². The zero-order chi connectivity index (χ0) is 17.0. The van der Waals surface area contributed by atoms with Crippen molar-refractivity contribution in [2.45, 2.75) is 64.3 Å². The van der Waals surface area contributed by atoms with Crippen molar-refractivity contribution in [1.29, 1.82) is 0 Å². The van der Waals surface area contributed by atoms with Gasteiger partial charge in [0.1, 0.15) is 0 Å². The highest BCUT2D eigenvalue weighted by molar-refractivity contribution is 5.87. The fraction of sp³-hybridized carbons (Fsp3) is 0.579. The van der Waals surface area contributed by atoms with E-state index in [1.54, 1.807) is 0 Å². The van der Waals surface area contributed by atoms with Crippen LogP contribution in [0.25, 0.3) is 0 Å². The number of rotatable bonds is 5. The molecular formula is C19H27NO3. The highest BCUT2D eigenvalue weighted by atomic mass is 16.4. The molecule has 2 N–H and O–H groups in total. The lowest BCUT2D eigenvalue weighted by molar-refractivity contribution is -0.142. The maximum absolute atomic E-state index is 12.7. The quantitative estimate of drug-likeness (QED) is 0.876. The third kappa shape index (κ3) is 4.12. The van der Waals surface area contributed by atoms with Crippen molar-refractivity contribution in [2.75, 3.05) is 0 Å². The molecule has 0 saturated heterocycles. The number of aliphatic carboxylic acids is 1. The molecule has 1 amide bonds. The van der Waals surface area contributed by atoms with Gasteiger partial charge in [-0.1, -0.05) is 31.2 Å². The van der Waals surface area contributed by atoms with Crippen LogP contribution in [0.2, 0.25) is 0 Å². The molecule has 0 unspecified atom stereocenters. The summed E-state index contributed by atoms with van der Waals surface area (Å²) in [5.41, 5.74) is 1.68. The summed E-state index contributed by atoms with van der Waals surface area (Å²) in [4.78, 5) is 23.7. The van der Waals surface area contributed by atoms with E-state index < -0.39 is 11.4 Å². The molecule has 23 heavy (non-hydrogen) atoms. The van der Waals surface area contributed by atoms with Crippen molar-refractivity contribution in [3.8, 4) is 0 Å². The maximum atomic E-state index is 12.7. The molecule has 0 radical (unpaired) electrons. The van der Waals surface area contributed by atoms with Gasteiger partial charge in [-0.2, -0.15) is 0 Å². The van der Waals surface area contributed by atoms with Crippen molar-refractivity contribution < 1.29 is 14.7 Å². The van der Waals surface area contributed by atoms with Gasteiger partial charge in [-0.05, 0) is 57.1 Å². The largest absolute Gasteiger partial charge is 0.481 e. The van der Waals surface area contributed by atoms with Crippen molar-refractivity contribution in [3.63, 3.8) is 0 Å². The van der Waals surface area contributed by atoms with E-state index in [0.717, 1.165) is 24.8 Å². The molecule has 1 fully saturated rings. The van der Waals surface area contributed by atoms with Crippen LogP contribution in [0.5, 0.6) is 0 Å². The fourth-order valence-corrected chi connectivity index (χ4v) is 3.14. The molecule has 0 aliphatic heterocycles. The van der Waals surface area contributed by atoms with Gasteiger partial charge in [-0.3, -0.25) is 9.59 Å². The molecule has 0 atom stereocenters. The van der Waals surface area contributed by atoms with Crippen molar-refractivity contribution >= 4 is 11.9 Å². The zero-order valence-electron chi connectivity index (χ0n) is 14.3. The third-order valence-corrected chi connectivity index (χ3v) is 5.06. The first-order valence-electron chi connectivity index (χ1n) is 8.47. The first kappa shape index (κ1) is 17.5. The van der Waals surface area contributed by atoms with Crippen molar-refractivity contribution in [3.05, 3.63) is 35.4 Å². The molecule has 1 aliphatic carbocycles. The smallest absolute Gasteiger partial charge is 0.306 e. The lowest BCUT2D eigenvalue weighted by Crippen LogP contribution is -2.46. The van der Waals surface area contributed by atoms with Gasteiger partial charge in [-0.15, -0.1) is 0 Å². The van der Waals surface area contributed by atoms with Gasteiger partial charge in [0.25, 0.3) is 0 Å². The average Bonchev–Trinajstić information content (AvgIpc) is 2.55. The second kappa shape index (κ2) is 7.16. The lowest BCUT2D eigenvalue weighted by Gasteiger charge is -2.31. The summed E-state index contributed by atoms with van der Waals surface area (Å²) in [6, 6.07) is 8.29. The monoisotopic (exact) mass is 317 g/mol. The number of carbonyl (C=O) groups excluding carboxylic acids is 1. The summed E-state index contributed by atoms with van der Waals surface area (Å²) in [6.07, 6.45) is 3.76. The molecule has 2 rings (SSSR count). The minimum atomic E-state index is -0.717. The maximum Gasteiger partial charge on any atom is 0.306 e. The molecule has 4 heteroatoms. The first-order valence-corrected chi connectivity index (χ1v) is 8.47. The van der Waals surface area contributed by atoms with Crippen LogP contribution in [0.1, 0.15) is 57.6 Å². The van der Waals surface area contributed by atoms with Crippen molar-refractivity contribution in [2.24, 2.45) is 5.92 Å². The zero-order valence-corrected chi connectivity index (χ0v) is 14.3. The second-order valence-electron chi connectivity index (χ2n) is 7.04. The van der Waals surface area contributed by atoms with Gasteiger partial charge in [0.05, 0.1) is 11.3 Å². The Hall–Kier alpha value is -1.84. The lowest BCUT2D eigenvalue weighted by atomic mass is 9.81. The highest BCUT2D eigenvalue weighted by Crippen LogP contribution is 2.27. The molecule has 1 aliphatic rings. The number of nitrogens with one attached hydrogen (secondary N) is 1. The van der Waals surface area contributed by atoms with Gasteiger partial charge in [0.15, 0.2) is 0 Å². The summed E-state index contributed by atoms with van der Waals surface area (Å²) in [5, 5.41) is 12.2. The Morgan fingerprint density at radius 3 is 2.17 bits per heavy atom. The Labute approximate surface area is 138 Å². The van der Waals surface area contributed by atoms with Crippen LogP contribution in [-0.4, -0.2) is 23.0 Å². The summed E-state index contributed by atoms with van der Waals surface area (Å²) in [5.74, 6) is -0.954. The number of benzene rings is 1. The number of carbonyl (C=O) groups is 2. The standard InChI is InChI=1S/C19H27NO3/c1-4-13-5-9-15(10-6-13)19(2,3)18(23)20-16-11-7-14(8-12-16)17(21)22/h5-6,9-10,14,16H,4,7-8,11-12H2,1-3H3,(H,20,23)(H,21,22). The molecular weight excluding hydrogens is 290 g/mol. The second-order valence-corrected chi connectivity index (χ2v) is 7.04. The average molecular weight is 317 g/mol. The normalized spacial score (nSPS) is 21.7. The Kier molecular flexibility index (Phi) is 5.45. The van der Waals surface area contributed by atoms with E-state index in [2.05, 4.69) is 24.4 Å². The molecule has 1 aromatic carbocycles. The van der Waals surface area contributed by atoms with Crippen LogP contribution in [0.15, 0.2) is 24.3 Å². The number of hydrogen-bond donors (Lipinski definition) is 2. The van der Waals surface area contributed by atoms with Crippen LogP contribution in [0.3, 0.4) is 0 Å². The molecule has 1 aromatic rings. The highest BCUT2D eigenvalue weighted by Gasteiger charge is 2.33. The molecule has 0 bridgehead atoms. The summed E-state index contributed by atoms with van der Waals surface area (Å²) in [6.45, 7) is 5.98. The Morgan fingerprint density at radius 1 is 1.13 bits per heavy atom. The molecule has 4 nitrogen and oxygen atoms in total. The van der Waals surface area contributed by atoms with Crippen LogP contribution >= 0.6 is 0 Å². The third-order valence-electron chi connectivity index (χ3n) is 5.06. The number of hydrogen-bond acceptors (Lipinski definition) is 2. The Bertz CT molecular complexity index is 554. The van der Waals surface area contributed by atoms with Gasteiger partial charge >= 0.3 is 5.97 Å². The van der Waals surface area contributed by atoms with Gasteiger partial charge in [0, 0.05) is 6.04 Å². The number of carboxylic acids is 1. The summed E-state index contributed by atoms with van der Waals surface area (Å²) in [7, 11) is 0.